The zero-order chi connectivity index (χ0) is 22.2. The molecule has 3 N–H and O–H groups in total. The summed E-state index contributed by atoms with van der Waals surface area (Å²) in [6, 6.07) is 15.4. The average molecular weight is 443 g/mol. The highest BCUT2D eigenvalue weighted by molar-refractivity contribution is 7.19. The number of fused-ring (bicyclic) bond motifs is 2. The molecular formula is C25H22N4O2S. The fraction of sp³-hybridized carbons (Fsp3) is 0.160. The number of nitrogens with zero attached hydrogens (tertiary/aromatic N) is 2. The second-order valence-corrected chi connectivity index (χ2v) is 9.10. The first-order valence-corrected chi connectivity index (χ1v) is 11.2. The van der Waals surface area contributed by atoms with Crippen molar-refractivity contribution in [3.63, 3.8) is 0 Å². The summed E-state index contributed by atoms with van der Waals surface area (Å²) in [5.74, 6) is -0.381. The molecule has 1 atom stereocenters. The number of rotatable bonds is 6. The molecule has 0 radical (unpaired) electrons. The van der Waals surface area contributed by atoms with Gasteiger partial charge < -0.3 is 15.4 Å². The van der Waals surface area contributed by atoms with Crippen LogP contribution in [0, 0.1) is 13.8 Å². The molecule has 6 nitrogen and oxygen atoms in total. The lowest BCUT2D eigenvalue weighted by molar-refractivity contribution is -0.137. The molecular weight excluding hydrogens is 420 g/mol. The Morgan fingerprint density at radius 2 is 1.91 bits per heavy atom. The van der Waals surface area contributed by atoms with Crippen molar-refractivity contribution in [3.05, 3.63) is 77.1 Å². The Hall–Kier alpha value is -3.71. The predicted octanol–water partition coefficient (Wildman–Crippen LogP) is 5.56. The van der Waals surface area contributed by atoms with Crippen LogP contribution in [-0.4, -0.2) is 32.1 Å². The molecule has 0 amide bonds. The quantitative estimate of drug-likeness (QED) is 0.320. The van der Waals surface area contributed by atoms with Crippen LogP contribution < -0.4 is 5.32 Å². The number of carbonyl (C=O) groups is 1. The zero-order valence-electron chi connectivity index (χ0n) is 17.7. The van der Waals surface area contributed by atoms with Crippen molar-refractivity contribution in [1.82, 2.24) is 15.0 Å². The summed E-state index contributed by atoms with van der Waals surface area (Å²) in [4.78, 5) is 26.3. The van der Waals surface area contributed by atoms with E-state index in [-0.39, 0.29) is 0 Å². The Morgan fingerprint density at radius 3 is 2.69 bits per heavy atom. The molecule has 1 unspecified atom stereocenters. The van der Waals surface area contributed by atoms with Gasteiger partial charge in [-0.25, -0.2) is 14.8 Å². The van der Waals surface area contributed by atoms with Crippen LogP contribution in [0.5, 0.6) is 0 Å². The second kappa shape index (κ2) is 8.09. The molecule has 3 heterocycles. The van der Waals surface area contributed by atoms with E-state index in [9.17, 15) is 9.90 Å². The highest BCUT2D eigenvalue weighted by Crippen LogP contribution is 2.40. The van der Waals surface area contributed by atoms with Crippen molar-refractivity contribution < 1.29 is 9.90 Å². The third kappa shape index (κ3) is 3.61. The van der Waals surface area contributed by atoms with E-state index >= 15 is 0 Å². The SMILES string of the molecule is Cc1ccc(-c2c(C)sc3ncnc(NC(Cc4c[nH]c5ccccc45)C(=O)O)c23)cc1. The average Bonchev–Trinajstić information content (AvgIpc) is 3.34. The summed E-state index contributed by atoms with van der Waals surface area (Å²) in [6.45, 7) is 4.12. The minimum atomic E-state index is -0.925. The van der Waals surface area contributed by atoms with Gasteiger partial charge in [-0.2, -0.15) is 0 Å². The van der Waals surface area contributed by atoms with Crippen LogP contribution in [0.25, 0.3) is 32.2 Å². The molecule has 160 valence electrons. The molecule has 0 bridgehead atoms. The van der Waals surface area contributed by atoms with Crippen LogP contribution in [0.2, 0.25) is 0 Å². The van der Waals surface area contributed by atoms with Gasteiger partial charge >= 0.3 is 5.97 Å². The van der Waals surface area contributed by atoms with Gasteiger partial charge in [-0.1, -0.05) is 48.0 Å². The minimum absolute atomic E-state index is 0.327. The topological polar surface area (TPSA) is 90.9 Å². The first-order valence-electron chi connectivity index (χ1n) is 10.4. The zero-order valence-corrected chi connectivity index (χ0v) is 18.5. The van der Waals surface area contributed by atoms with Crippen LogP contribution in [0.1, 0.15) is 16.0 Å². The number of aryl methyl sites for hydroxylation is 2. The van der Waals surface area contributed by atoms with Crippen LogP contribution in [0.4, 0.5) is 5.82 Å². The number of hydrogen-bond donors (Lipinski definition) is 3. The number of hydrogen-bond acceptors (Lipinski definition) is 5. The largest absolute Gasteiger partial charge is 0.480 e. The van der Waals surface area contributed by atoms with E-state index in [1.165, 1.54) is 11.9 Å². The molecule has 0 aliphatic heterocycles. The van der Waals surface area contributed by atoms with Gasteiger partial charge in [0.25, 0.3) is 0 Å². The highest BCUT2D eigenvalue weighted by Gasteiger charge is 2.23. The molecule has 0 saturated heterocycles. The molecule has 0 saturated carbocycles. The van der Waals surface area contributed by atoms with Crippen LogP contribution in [-0.2, 0) is 11.2 Å². The van der Waals surface area contributed by atoms with Gasteiger partial charge in [-0.3, -0.25) is 0 Å². The number of anilines is 1. The molecule has 32 heavy (non-hydrogen) atoms. The molecule has 5 aromatic rings. The third-order valence-electron chi connectivity index (χ3n) is 5.71. The van der Waals surface area contributed by atoms with E-state index in [4.69, 9.17) is 0 Å². The molecule has 7 heteroatoms. The van der Waals surface area contributed by atoms with E-state index in [0.717, 1.165) is 42.7 Å². The molecule has 2 aromatic carbocycles. The van der Waals surface area contributed by atoms with Gasteiger partial charge in [-0.05, 0) is 31.0 Å². The van der Waals surface area contributed by atoms with Gasteiger partial charge in [0.1, 0.15) is 23.0 Å². The van der Waals surface area contributed by atoms with Crippen molar-refractivity contribution in [3.8, 4) is 11.1 Å². The summed E-state index contributed by atoms with van der Waals surface area (Å²) < 4.78 is 0. The smallest absolute Gasteiger partial charge is 0.326 e. The summed E-state index contributed by atoms with van der Waals surface area (Å²) in [6.07, 6.45) is 3.70. The van der Waals surface area contributed by atoms with E-state index in [1.54, 1.807) is 11.3 Å². The van der Waals surface area contributed by atoms with Crippen LogP contribution in [0.15, 0.2) is 61.1 Å². The maximum absolute atomic E-state index is 12.2. The van der Waals surface area contributed by atoms with Crippen LogP contribution >= 0.6 is 11.3 Å². The van der Waals surface area contributed by atoms with E-state index in [2.05, 4.69) is 58.4 Å². The monoisotopic (exact) mass is 442 g/mol. The third-order valence-corrected chi connectivity index (χ3v) is 6.73. The molecule has 0 spiro atoms. The summed E-state index contributed by atoms with van der Waals surface area (Å²) >= 11 is 1.59. The number of carboxylic acid groups (broad SMARTS) is 1. The first kappa shape index (κ1) is 20.2. The van der Waals surface area contributed by atoms with Gasteiger partial charge in [-0.15, -0.1) is 11.3 Å². The number of benzene rings is 2. The van der Waals surface area contributed by atoms with Gasteiger partial charge in [0.2, 0.25) is 0 Å². The fourth-order valence-corrected chi connectivity index (χ4v) is 5.12. The second-order valence-electron chi connectivity index (χ2n) is 7.90. The Morgan fingerprint density at radius 1 is 1.12 bits per heavy atom. The van der Waals surface area contributed by atoms with Crippen molar-refractivity contribution in [2.45, 2.75) is 26.3 Å². The molecule has 5 rings (SSSR count). The van der Waals surface area contributed by atoms with Crippen molar-refractivity contribution in [2.75, 3.05) is 5.32 Å². The van der Waals surface area contributed by atoms with E-state index < -0.39 is 12.0 Å². The van der Waals surface area contributed by atoms with E-state index in [0.29, 0.717) is 12.2 Å². The van der Waals surface area contributed by atoms with Crippen molar-refractivity contribution >= 4 is 44.2 Å². The summed E-state index contributed by atoms with van der Waals surface area (Å²) in [7, 11) is 0. The number of nitrogens with one attached hydrogen (secondary N) is 2. The Bertz CT molecular complexity index is 1440. The molecule has 0 fully saturated rings. The molecule has 3 aromatic heterocycles. The highest BCUT2D eigenvalue weighted by atomic mass is 32.1. The Labute approximate surface area is 189 Å². The lowest BCUT2D eigenvalue weighted by Gasteiger charge is -2.16. The van der Waals surface area contributed by atoms with Gasteiger partial charge in [0.05, 0.1) is 5.39 Å². The molecule has 0 aliphatic carbocycles. The summed E-state index contributed by atoms with van der Waals surface area (Å²) in [5.41, 5.74) is 5.24. The number of aromatic nitrogens is 3. The predicted molar refractivity (Wildman–Crippen MR) is 129 cm³/mol. The lowest BCUT2D eigenvalue weighted by Crippen LogP contribution is -2.32. The maximum atomic E-state index is 12.2. The number of para-hydroxylation sites is 1. The summed E-state index contributed by atoms with van der Waals surface area (Å²) in [5, 5.41) is 15.1. The number of carboxylic acids is 1. The fourth-order valence-electron chi connectivity index (χ4n) is 4.11. The number of aliphatic carboxylic acids is 1. The molecule has 0 aliphatic rings. The number of aromatic amines is 1. The number of thiophene rings is 1. The lowest BCUT2D eigenvalue weighted by atomic mass is 10.0. The first-order chi connectivity index (χ1) is 15.5. The van der Waals surface area contributed by atoms with E-state index in [1.807, 2.05) is 30.5 Å². The van der Waals surface area contributed by atoms with Crippen molar-refractivity contribution in [1.29, 1.82) is 0 Å². The standard InChI is InChI=1S/C25H22N4O2S/c1-14-7-9-16(10-8-14)21-15(2)32-24-22(21)23(27-13-28-24)29-20(25(30)31)11-17-12-26-19-6-4-3-5-18(17)19/h3-10,12-13,20,26H,11H2,1-2H3,(H,30,31)(H,27,28,29). The minimum Gasteiger partial charge on any atom is -0.480 e. The Balaban J connectivity index is 1.56. The number of H-pyrrole nitrogens is 1. The Kier molecular flexibility index (Phi) is 5.11. The normalized spacial score (nSPS) is 12.3. The van der Waals surface area contributed by atoms with Crippen LogP contribution in [0.3, 0.4) is 0 Å². The van der Waals surface area contributed by atoms with Crippen molar-refractivity contribution in [2.24, 2.45) is 0 Å². The maximum Gasteiger partial charge on any atom is 0.326 e. The van der Waals surface area contributed by atoms with Gasteiger partial charge in [0.15, 0.2) is 0 Å². The van der Waals surface area contributed by atoms with Gasteiger partial charge in [0, 0.05) is 34.0 Å².